The van der Waals surface area contributed by atoms with Crippen LogP contribution in [0.5, 0.6) is 0 Å². The third kappa shape index (κ3) is 7.97. The third-order valence-corrected chi connectivity index (χ3v) is 7.05. The molecule has 0 saturated carbocycles. The van der Waals surface area contributed by atoms with E-state index in [-0.39, 0.29) is 30.1 Å². The van der Waals surface area contributed by atoms with Gasteiger partial charge < -0.3 is 15.0 Å². The highest BCUT2D eigenvalue weighted by atomic mass is 127. The summed E-state index contributed by atoms with van der Waals surface area (Å²) in [6.45, 7) is 9.34. The highest BCUT2D eigenvalue weighted by Gasteiger charge is 2.16. The van der Waals surface area contributed by atoms with Gasteiger partial charge in [0, 0.05) is 39.7 Å². The fourth-order valence-corrected chi connectivity index (χ4v) is 4.65. The maximum Gasteiger partial charge on any atom is 0.194 e. The molecule has 2 heterocycles. The zero-order chi connectivity index (χ0) is 22.2. The standard InChI is InChI=1S/C24H37N5OS.HI/c1-18-10-12-29(13-11-18)15-21-8-6-20(7-9-21)14-26-24(25-3)28(4)16-22-17-31-23(27-22)19(2)30-5;/h6-9,17-19H,10-16H2,1-5H3,(H,25,26);1H. The zero-order valence-electron chi connectivity index (χ0n) is 20.0. The number of halogens is 1. The van der Waals surface area contributed by atoms with Crippen LogP contribution in [0.25, 0.3) is 0 Å². The lowest BCUT2D eigenvalue weighted by Crippen LogP contribution is -2.38. The normalized spacial score (nSPS) is 16.5. The van der Waals surface area contributed by atoms with E-state index in [1.165, 1.54) is 37.1 Å². The Morgan fingerprint density at radius 1 is 1.28 bits per heavy atom. The average Bonchev–Trinajstić information content (AvgIpc) is 3.24. The largest absolute Gasteiger partial charge is 0.375 e. The topological polar surface area (TPSA) is 53.0 Å². The molecule has 1 aliphatic heterocycles. The SMILES string of the molecule is CN=C(NCc1ccc(CN2CCC(C)CC2)cc1)N(C)Cc1csc(C(C)OC)n1.I. The molecule has 1 atom stereocenters. The number of aliphatic imine (C=N–C) groups is 1. The number of ether oxygens (including phenoxy) is 1. The molecule has 1 aromatic carbocycles. The van der Waals surface area contributed by atoms with Gasteiger partial charge in [-0.1, -0.05) is 31.2 Å². The second-order valence-electron chi connectivity index (χ2n) is 8.59. The summed E-state index contributed by atoms with van der Waals surface area (Å²) < 4.78 is 5.36. The molecule has 178 valence electrons. The number of aromatic nitrogens is 1. The second kappa shape index (κ2) is 13.5. The van der Waals surface area contributed by atoms with Crippen molar-refractivity contribution in [1.29, 1.82) is 0 Å². The first-order valence-electron chi connectivity index (χ1n) is 11.2. The van der Waals surface area contributed by atoms with Gasteiger partial charge in [0.05, 0.1) is 12.2 Å². The van der Waals surface area contributed by atoms with Gasteiger partial charge in [0.25, 0.3) is 0 Å². The van der Waals surface area contributed by atoms with E-state index in [2.05, 4.69) is 61.7 Å². The molecule has 1 unspecified atom stereocenters. The molecule has 1 saturated heterocycles. The number of benzene rings is 1. The Hall–Kier alpha value is -1.23. The molecule has 0 bridgehead atoms. The highest BCUT2D eigenvalue weighted by molar-refractivity contribution is 14.0. The van der Waals surface area contributed by atoms with Gasteiger partial charge in [0.15, 0.2) is 5.96 Å². The average molecular weight is 572 g/mol. The van der Waals surface area contributed by atoms with Gasteiger partial charge in [-0.3, -0.25) is 9.89 Å². The molecule has 0 radical (unpaired) electrons. The van der Waals surface area contributed by atoms with Gasteiger partial charge >= 0.3 is 0 Å². The fraction of sp³-hybridized carbons (Fsp3) is 0.583. The number of likely N-dealkylation sites (tertiary alicyclic amines) is 1. The van der Waals surface area contributed by atoms with E-state index in [0.717, 1.165) is 35.7 Å². The van der Waals surface area contributed by atoms with E-state index in [0.29, 0.717) is 6.54 Å². The number of thiazole rings is 1. The van der Waals surface area contributed by atoms with Gasteiger partial charge in [-0.15, -0.1) is 35.3 Å². The molecular weight excluding hydrogens is 533 g/mol. The van der Waals surface area contributed by atoms with E-state index in [9.17, 15) is 0 Å². The summed E-state index contributed by atoms with van der Waals surface area (Å²) in [4.78, 5) is 13.8. The van der Waals surface area contributed by atoms with Crippen LogP contribution in [0.4, 0.5) is 0 Å². The second-order valence-corrected chi connectivity index (χ2v) is 9.48. The maximum absolute atomic E-state index is 5.36. The van der Waals surface area contributed by atoms with Crippen molar-refractivity contribution in [2.24, 2.45) is 10.9 Å². The molecule has 8 heteroatoms. The number of piperidine rings is 1. The number of guanidine groups is 1. The molecule has 1 fully saturated rings. The van der Waals surface area contributed by atoms with Gasteiger partial charge in [-0.05, 0) is 49.9 Å². The molecule has 0 spiro atoms. The summed E-state index contributed by atoms with van der Waals surface area (Å²) in [5.74, 6) is 1.74. The predicted octanol–water partition coefficient (Wildman–Crippen LogP) is 4.91. The van der Waals surface area contributed by atoms with Gasteiger partial charge in [-0.25, -0.2) is 4.98 Å². The van der Waals surface area contributed by atoms with Crippen molar-refractivity contribution in [3.05, 3.63) is 51.5 Å². The first kappa shape index (κ1) is 27.0. The van der Waals surface area contributed by atoms with Crippen LogP contribution < -0.4 is 5.32 Å². The lowest BCUT2D eigenvalue weighted by molar-refractivity contribution is 0.119. The minimum absolute atomic E-state index is 0. The number of hydrogen-bond donors (Lipinski definition) is 1. The minimum atomic E-state index is 0. The van der Waals surface area contributed by atoms with Crippen LogP contribution in [0.2, 0.25) is 0 Å². The Labute approximate surface area is 214 Å². The fourth-order valence-electron chi connectivity index (χ4n) is 3.81. The Morgan fingerprint density at radius 3 is 2.56 bits per heavy atom. The van der Waals surface area contributed by atoms with Gasteiger partial charge in [0.1, 0.15) is 11.1 Å². The molecular formula is C24H38IN5OS. The Bertz CT molecular complexity index is 833. The van der Waals surface area contributed by atoms with Gasteiger partial charge in [-0.2, -0.15) is 0 Å². The Morgan fingerprint density at radius 2 is 1.94 bits per heavy atom. The molecule has 0 amide bonds. The first-order chi connectivity index (χ1) is 15.0. The smallest absolute Gasteiger partial charge is 0.194 e. The maximum atomic E-state index is 5.36. The van der Waals surface area contributed by atoms with E-state index < -0.39 is 0 Å². The van der Waals surface area contributed by atoms with Crippen molar-refractivity contribution in [2.75, 3.05) is 34.3 Å². The van der Waals surface area contributed by atoms with Crippen molar-refractivity contribution < 1.29 is 4.74 Å². The van der Waals surface area contributed by atoms with Gasteiger partial charge in [0.2, 0.25) is 0 Å². The molecule has 6 nitrogen and oxygen atoms in total. The van der Waals surface area contributed by atoms with Crippen LogP contribution in [0.1, 0.15) is 54.6 Å². The molecule has 1 aromatic heterocycles. The lowest BCUT2D eigenvalue weighted by atomic mass is 9.99. The van der Waals surface area contributed by atoms with Crippen molar-refractivity contribution in [1.82, 2.24) is 20.1 Å². The van der Waals surface area contributed by atoms with Crippen LogP contribution in [0.15, 0.2) is 34.6 Å². The Balaban J connectivity index is 0.00000363. The quantitative estimate of drug-likeness (QED) is 0.278. The molecule has 2 aromatic rings. The Kier molecular flexibility index (Phi) is 11.4. The summed E-state index contributed by atoms with van der Waals surface area (Å²) in [5.41, 5.74) is 3.69. The van der Waals surface area contributed by atoms with Crippen LogP contribution >= 0.6 is 35.3 Å². The zero-order valence-corrected chi connectivity index (χ0v) is 23.2. The van der Waals surface area contributed by atoms with Crippen molar-refractivity contribution in [2.45, 2.75) is 52.4 Å². The first-order valence-corrected chi connectivity index (χ1v) is 12.1. The lowest BCUT2D eigenvalue weighted by Gasteiger charge is -2.30. The number of methoxy groups -OCH3 is 1. The van der Waals surface area contributed by atoms with E-state index in [1.54, 1.807) is 18.4 Å². The third-order valence-electron chi connectivity index (χ3n) is 6.00. The van der Waals surface area contributed by atoms with E-state index in [1.807, 2.05) is 21.0 Å². The molecule has 1 N–H and O–H groups in total. The number of hydrogen-bond acceptors (Lipinski definition) is 5. The number of nitrogens with one attached hydrogen (secondary N) is 1. The summed E-state index contributed by atoms with van der Waals surface area (Å²) in [6.07, 6.45) is 2.67. The van der Waals surface area contributed by atoms with Crippen molar-refractivity contribution in [3.8, 4) is 0 Å². The molecule has 32 heavy (non-hydrogen) atoms. The monoisotopic (exact) mass is 571 g/mol. The summed E-state index contributed by atoms with van der Waals surface area (Å²) in [5, 5.41) is 6.57. The molecule has 1 aliphatic rings. The molecule has 0 aliphatic carbocycles. The van der Waals surface area contributed by atoms with Crippen LogP contribution in [-0.2, 0) is 24.4 Å². The highest BCUT2D eigenvalue weighted by Crippen LogP contribution is 2.21. The van der Waals surface area contributed by atoms with Crippen LogP contribution in [0.3, 0.4) is 0 Å². The van der Waals surface area contributed by atoms with E-state index >= 15 is 0 Å². The summed E-state index contributed by atoms with van der Waals surface area (Å²) in [7, 11) is 5.57. The summed E-state index contributed by atoms with van der Waals surface area (Å²) >= 11 is 1.64. The number of nitrogens with zero attached hydrogens (tertiary/aromatic N) is 4. The molecule has 3 rings (SSSR count). The predicted molar refractivity (Wildman–Crippen MR) is 145 cm³/mol. The number of rotatable bonds is 8. The van der Waals surface area contributed by atoms with Crippen LogP contribution in [0, 0.1) is 5.92 Å². The van der Waals surface area contributed by atoms with Crippen molar-refractivity contribution >= 4 is 41.3 Å². The minimum Gasteiger partial charge on any atom is -0.375 e. The van der Waals surface area contributed by atoms with Crippen LogP contribution in [-0.4, -0.2) is 55.0 Å². The van der Waals surface area contributed by atoms with Crippen molar-refractivity contribution in [3.63, 3.8) is 0 Å². The van der Waals surface area contributed by atoms with E-state index in [4.69, 9.17) is 4.74 Å². The summed E-state index contributed by atoms with van der Waals surface area (Å²) in [6, 6.07) is 8.96.